The summed E-state index contributed by atoms with van der Waals surface area (Å²) < 4.78 is 10.2. The topological polar surface area (TPSA) is 58.9 Å². The van der Waals surface area contributed by atoms with E-state index in [9.17, 15) is 9.59 Å². The summed E-state index contributed by atoms with van der Waals surface area (Å²) in [5.41, 5.74) is 0. The second-order valence-electron chi connectivity index (χ2n) is 2.88. The van der Waals surface area contributed by atoms with Gasteiger partial charge in [0.1, 0.15) is 9.76 Å². The quantitative estimate of drug-likeness (QED) is 0.612. The number of rotatable bonds is 4. The van der Waals surface area contributed by atoms with Gasteiger partial charge in [0, 0.05) is 6.55 Å². The van der Waals surface area contributed by atoms with Crippen molar-refractivity contribution in [2.24, 2.45) is 0 Å². The molecule has 1 atom stereocenters. The molecule has 0 amide bonds. The maximum absolute atomic E-state index is 9.45. The third-order valence-corrected chi connectivity index (χ3v) is 7.66. The third-order valence-electron chi connectivity index (χ3n) is 0.851. The van der Waals surface area contributed by atoms with Crippen LogP contribution in [0.15, 0.2) is 0 Å². The van der Waals surface area contributed by atoms with E-state index in [1.807, 2.05) is 6.55 Å². The number of hydrogen-bond donors (Lipinski definition) is 2. The average Bonchev–Trinajstić information content (AvgIpc) is 1.55. The van der Waals surface area contributed by atoms with Gasteiger partial charge in [-0.05, 0) is 13.1 Å². The predicted molar refractivity (Wildman–Crippen MR) is 50.1 cm³/mol. The van der Waals surface area contributed by atoms with Gasteiger partial charge in [-0.1, -0.05) is 6.55 Å². The molecule has 68 valence electrons. The molecule has 1 unspecified atom stereocenters. The van der Waals surface area contributed by atoms with E-state index in [1.54, 1.807) is 13.1 Å². The lowest BCUT2D eigenvalue weighted by Crippen LogP contribution is -2.49. The van der Waals surface area contributed by atoms with E-state index < -0.39 is 27.1 Å². The molecule has 0 aliphatic carbocycles. The smallest absolute Gasteiger partial charge is 0.422 e. The lowest BCUT2D eigenvalue weighted by Gasteiger charge is -2.26. The Morgan fingerprint density at radius 3 is 1.91 bits per heavy atom. The third kappa shape index (κ3) is 6.87. The monoisotopic (exact) mass is 212 g/mol. The Morgan fingerprint density at radius 2 is 1.64 bits per heavy atom. The molecular formula is C4H16O4Si3. The van der Waals surface area contributed by atoms with Gasteiger partial charge in [0.15, 0.2) is 0 Å². The molecule has 0 aromatic carbocycles. The average molecular weight is 212 g/mol. The highest BCUT2D eigenvalue weighted by molar-refractivity contribution is 6.76. The fraction of sp³-hybridized carbons (Fsp3) is 1.00. The molecule has 4 nitrogen and oxygen atoms in total. The second-order valence-corrected chi connectivity index (χ2v) is 10.1. The molecule has 0 rings (SSSR count). The van der Waals surface area contributed by atoms with Crippen molar-refractivity contribution in [3.63, 3.8) is 0 Å². The SMILES string of the molecule is C[SiH2]O[Si](C)(O)O[Si](C)(C)O. The van der Waals surface area contributed by atoms with Gasteiger partial charge >= 0.3 is 17.4 Å². The van der Waals surface area contributed by atoms with E-state index in [-0.39, 0.29) is 0 Å². The van der Waals surface area contributed by atoms with Crippen molar-refractivity contribution in [2.75, 3.05) is 0 Å². The Balaban J connectivity index is 3.91. The molecule has 11 heavy (non-hydrogen) atoms. The fourth-order valence-electron chi connectivity index (χ4n) is 0.761. The Labute approximate surface area is 71.7 Å². The van der Waals surface area contributed by atoms with Crippen LogP contribution < -0.4 is 0 Å². The van der Waals surface area contributed by atoms with E-state index in [0.29, 0.717) is 0 Å². The van der Waals surface area contributed by atoms with E-state index >= 15 is 0 Å². The fourth-order valence-corrected chi connectivity index (χ4v) is 7.38. The maximum Gasteiger partial charge on any atom is 0.475 e. The van der Waals surface area contributed by atoms with Crippen LogP contribution in [0.3, 0.4) is 0 Å². The Hall–Kier alpha value is 0.491. The van der Waals surface area contributed by atoms with Crippen LogP contribution in [0.5, 0.6) is 0 Å². The van der Waals surface area contributed by atoms with Gasteiger partial charge < -0.3 is 17.8 Å². The molecule has 0 radical (unpaired) electrons. The summed E-state index contributed by atoms with van der Waals surface area (Å²) in [6.45, 7) is 6.66. The molecule has 2 N–H and O–H groups in total. The van der Waals surface area contributed by atoms with E-state index in [1.165, 1.54) is 6.55 Å². The summed E-state index contributed by atoms with van der Waals surface area (Å²) in [7, 11) is -6.25. The minimum atomic E-state index is -2.97. The Kier molecular flexibility index (Phi) is 4.11. The molecule has 0 bridgehead atoms. The van der Waals surface area contributed by atoms with Gasteiger partial charge in [0.2, 0.25) is 0 Å². The summed E-state index contributed by atoms with van der Waals surface area (Å²) in [4.78, 5) is 18.8. The van der Waals surface area contributed by atoms with Crippen molar-refractivity contribution in [1.82, 2.24) is 0 Å². The lowest BCUT2D eigenvalue weighted by molar-refractivity contribution is 0.234. The van der Waals surface area contributed by atoms with Crippen molar-refractivity contribution < 1.29 is 17.8 Å². The minimum Gasteiger partial charge on any atom is -0.422 e. The highest BCUT2D eigenvalue weighted by Crippen LogP contribution is 2.09. The second kappa shape index (κ2) is 3.94. The van der Waals surface area contributed by atoms with Gasteiger partial charge in [0.25, 0.3) is 0 Å². The standard InChI is InChI=1S/C4H16O4Si3/c1-9-7-11(4,6)8-10(2,3)5/h5-6H,9H2,1-4H3. The van der Waals surface area contributed by atoms with Gasteiger partial charge in [-0.3, -0.25) is 0 Å². The lowest BCUT2D eigenvalue weighted by atomic mass is 11.9. The molecule has 0 heterocycles. The van der Waals surface area contributed by atoms with E-state index in [2.05, 4.69) is 0 Å². The van der Waals surface area contributed by atoms with Crippen LogP contribution in [0.25, 0.3) is 0 Å². The zero-order valence-corrected chi connectivity index (χ0v) is 10.8. The molecule has 0 spiro atoms. The van der Waals surface area contributed by atoms with Crippen LogP contribution in [0.1, 0.15) is 0 Å². The molecule has 0 aliphatic rings. The zero-order chi connectivity index (χ0) is 9.12. The van der Waals surface area contributed by atoms with Crippen LogP contribution in [0.4, 0.5) is 0 Å². The highest BCUT2D eigenvalue weighted by Gasteiger charge is 2.36. The van der Waals surface area contributed by atoms with Gasteiger partial charge in [-0.25, -0.2) is 0 Å². The first-order valence-electron chi connectivity index (χ1n) is 3.56. The predicted octanol–water partition coefficient (Wildman–Crippen LogP) is -0.593. The number of hydrogen-bond acceptors (Lipinski definition) is 4. The molecule has 0 saturated carbocycles. The largest absolute Gasteiger partial charge is 0.475 e. The van der Waals surface area contributed by atoms with Crippen LogP contribution in [-0.2, 0) is 8.23 Å². The van der Waals surface area contributed by atoms with Crippen LogP contribution >= 0.6 is 0 Å². The van der Waals surface area contributed by atoms with Crippen LogP contribution in [-0.4, -0.2) is 36.7 Å². The maximum atomic E-state index is 9.45. The summed E-state index contributed by atoms with van der Waals surface area (Å²) in [5, 5.41) is 0. The van der Waals surface area contributed by atoms with E-state index in [4.69, 9.17) is 8.23 Å². The summed E-state index contributed by atoms with van der Waals surface area (Å²) >= 11 is 0. The highest BCUT2D eigenvalue weighted by atomic mass is 28.5. The summed E-state index contributed by atoms with van der Waals surface area (Å²) in [5.74, 6) is 0. The van der Waals surface area contributed by atoms with E-state index in [0.717, 1.165) is 0 Å². The van der Waals surface area contributed by atoms with Crippen molar-refractivity contribution in [3.05, 3.63) is 0 Å². The minimum absolute atomic E-state index is 0.661. The van der Waals surface area contributed by atoms with Gasteiger partial charge in [-0.2, -0.15) is 0 Å². The molecular weight excluding hydrogens is 196 g/mol. The molecule has 0 aliphatic heterocycles. The first kappa shape index (κ1) is 11.5. The molecule has 7 heteroatoms. The first-order chi connectivity index (χ1) is 4.77. The molecule has 0 aromatic rings. The van der Waals surface area contributed by atoms with Gasteiger partial charge in [0.05, 0.1) is 0 Å². The van der Waals surface area contributed by atoms with Crippen molar-refractivity contribution in [2.45, 2.75) is 26.2 Å². The molecule has 0 saturated heterocycles. The van der Waals surface area contributed by atoms with Crippen LogP contribution in [0.2, 0.25) is 26.2 Å². The first-order valence-corrected chi connectivity index (χ1v) is 10.7. The van der Waals surface area contributed by atoms with Crippen molar-refractivity contribution in [3.8, 4) is 0 Å². The zero-order valence-electron chi connectivity index (χ0n) is 7.42. The van der Waals surface area contributed by atoms with Crippen LogP contribution in [0, 0.1) is 0 Å². The Bertz CT molecular complexity index is 121. The normalized spacial score (nSPS) is 19.1. The molecule has 0 aromatic heterocycles. The van der Waals surface area contributed by atoms with Gasteiger partial charge in [-0.15, -0.1) is 0 Å². The Morgan fingerprint density at radius 1 is 1.18 bits per heavy atom. The van der Waals surface area contributed by atoms with Crippen molar-refractivity contribution in [1.29, 1.82) is 0 Å². The summed E-state index contributed by atoms with van der Waals surface area (Å²) in [6.07, 6.45) is 0. The van der Waals surface area contributed by atoms with Crippen molar-refractivity contribution >= 4 is 27.1 Å². The summed E-state index contributed by atoms with van der Waals surface area (Å²) in [6, 6.07) is 0. The molecule has 0 fully saturated rings.